The lowest BCUT2D eigenvalue weighted by Crippen LogP contribution is -2.29. The fraction of sp³-hybridized carbons (Fsp3) is 0.438. The van der Waals surface area contributed by atoms with Crippen molar-refractivity contribution in [1.29, 1.82) is 0 Å². The molecule has 1 aromatic carbocycles. The topological polar surface area (TPSA) is 21.1 Å². The first kappa shape index (κ1) is 13.8. The van der Waals surface area contributed by atoms with E-state index in [2.05, 4.69) is 78.9 Å². The largest absolute Gasteiger partial charge is 0.330 e. The van der Waals surface area contributed by atoms with Crippen molar-refractivity contribution in [3.8, 4) is 0 Å². The number of benzene rings is 1. The van der Waals surface area contributed by atoms with Crippen LogP contribution in [0.4, 0.5) is 0 Å². The van der Waals surface area contributed by atoms with Crippen molar-refractivity contribution in [2.45, 2.75) is 32.4 Å². The Balaban J connectivity index is 2.40. The molecule has 19 heavy (non-hydrogen) atoms. The molecule has 2 rings (SSSR count). The standard InChI is InChI=1S/C16H23N3/c1-5-15(19-12-11-17-13(19)2)16(18(3)4)14-9-7-6-8-10-14/h6-12,15-16H,5H2,1-4H3. The lowest BCUT2D eigenvalue weighted by Gasteiger charge is -2.33. The minimum absolute atomic E-state index is 0.360. The van der Waals surface area contributed by atoms with Crippen LogP contribution in [0.5, 0.6) is 0 Å². The summed E-state index contributed by atoms with van der Waals surface area (Å²) < 4.78 is 2.29. The van der Waals surface area contributed by atoms with E-state index in [-0.39, 0.29) is 0 Å². The van der Waals surface area contributed by atoms with Crippen LogP contribution in [0.2, 0.25) is 0 Å². The highest BCUT2D eigenvalue weighted by molar-refractivity contribution is 5.20. The van der Waals surface area contributed by atoms with Crippen LogP contribution in [-0.4, -0.2) is 28.5 Å². The zero-order valence-electron chi connectivity index (χ0n) is 12.2. The van der Waals surface area contributed by atoms with Crippen molar-refractivity contribution in [1.82, 2.24) is 14.5 Å². The molecule has 0 amide bonds. The maximum absolute atomic E-state index is 4.37. The average molecular weight is 257 g/mol. The van der Waals surface area contributed by atoms with Gasteiger partial charge in [0.25, 0.3) is 0 Å². The van der Waals surface area contributed by atoms with Gasteiger partial charge in [-0.2, -0.15) is 0 Å². The van der Waals surface area contributed by atoms with Gasteiger partial charge in [0.15, 0.2) is 0 Å². The molecular weight excluding hydrogens is 234 g/mol. The molecule has 0 bridgehead atoms. The van der Waals surface area contributed by atoms with Crippen LogP contribution < -0.4 is 0 Å². The first-order chi connectivity index (χ1) is 9.15. The van der Waals surface area contributed by atoms with Crippen LogP contribution in [0.25, 0.3) is 0 Å². The van der Waals surface area contributed by atoms with Gasteiger partial charge >= 0.3 is 0 Å². The summed E-state index contributed by atoms with van der Waals surface area (Å²) in [5.74, 6) is 1.08. The van der Waals surface area contributed by atoms with Gasteiger partial charge in [0.1, 0.15) is 5.82 Å². The third-order valence-corrected chi connectivity index (χ3v) is 3.70. The molecule has 0 aliphatic heterocycles. The molecule has 0 saturated heterocycles. The van der Waals surface area contributed by atoms with Crippen LogP contribution in [0, 0.1) is 6.92 Å². The molecule has 2 atom stereocenters. The van der Waals surface area contributed by atoms with Crippen LogP contribution in [0.3, 0.4) is 0 Å². The average Bonchev–Trinajstić information content (AvgIpc) is 2.82. The molecule has 0 aliphatic carbocycles. The smallest absolute Gasteiger partial charge is 0.105 e. The van der Waals surface area contributed by atoms with E-state index < -0.39 is 0 Å². The van der Waals surface area contributed by atoms with Gasteiger partial charge in [0.05, 0.1) is 12.1 Å². The van der Waals surface area contributed by atoms with E-state index in [1.807, 2.05) is 6.20 Å². The molecule has 2 unspecified atom stereocenters. The number of hydrogen-bond acceptors (Lipinski definition) is 2. The summed E-state index contributed by atoms with van der Waals surface area (Å²) in [6.45, 7) is 4.31. The number of nitrogens with zero attached hydrogens (tertiary/aromatic N) is 3. The first-order valence-corrected chi connectivity index (χ1v) is 6.86. The SMILES string of the molecule is CCC(C(c1ccccc1)N(C)C)n1ccnc1C. The van der Waals surface area contributed by atoms with Gasteiger partial charge in [-0.25, -0.2) is 4.98 Å². The molecule has 3 heteroatoms. The van der Waals surface area contributed by atoms with Crippen LogP contribution in [-0.2, 0) is 0 Å². The van der Waals surface area contributed by atoms with Crippen molar-refractivity contribution in [3.63, 3.8) is 0 Å². The maximum Gasteiger partial charge on any atom is 0.105 e. The van der Waals surface area contributed by atoms with Gasteiger partial charge < -0.3 is 9.47 Å². The Hall–Kier alpha value is -1.61. The summed E-state index contributed by atoms with van der Waals surface area (Å²) in [5, 5.41) is 0. The molecule has 2 aromatic rings. The van der Waals surface area contributed by atoms with Crippen molar-refractivity contribution in [2.75, 3.05) is 14.1 Å². The van der Waals surface area contributed by atoms with Crippen molar-refractivity contribution >= 4 is 0 Å². The van der Waals surface area contributed by atoms with Gasteiger partial charge in [-0.05, 0) is 33.0 Å². The summed E-state index contributed by atoms with van der Waals surface area (Å²) in [7, 11) is 4.29. The van der Waals surface area contributed by atoms with Gasteiger partial charge in [-0.15, -0.1) is 0 Å². The molecule has 0 N–H and O–H groups in total. The highest BCUT2D eigenvalue weighted by atomic mass is 15.2. The first-order valence-electron chi connectivity index (χ1n) is 6.86. The van der Waals surface area contributed by atoms with E-state index in [0.717, 1.165) is 12.2 Å². The molecule has 0 aliphatic rings. The fourth-order valence-corrected chi connectivity index (χ4v) is 2.82. The molecule has 102 valence electrons. The number of aryl methyl sites for hydroxylation is 1. The molecule has 0 radical (unpaired) electrons. The Bertz CT molecular complexity index is 502. The summed E-state index contributed by atoms with van der Waals surface area (Å²) in [5.41, 5.74) is 1.35. The Morgan fingerprint density at radius 3 is 2.37 bits per heavy atom. The fourth-order valence-electron chi connectivity index (χ4n) is 2.82. The summed E-state index contributed by atoms with van der Waals surface area (Å²) in [6, 6.07) is 11.5. The Morgan fingerprint density at radius 2 is 1.89 bits per heavy atom. The number of aromatic nitrogens is 2. The second-order valence-corrected chi connectivity index (χ2v) is 5.18. The van der Waals surface area contributed by atoms with Gasteiger partial charge in [-0.1, -0.05) is 37.3 Å². The number of rotatable bonds is 5. The monoisotopic (exact) mass is 257 g/mol. The molecule has 1 heterocycles. The maximum atomic E-state index is 4.37. The third kappa shape index (κ3) is 2.87. The Kier molecular flexibility index (Phi) is 4.38. The minimum Gasteiger partial charge on any atom is -0.330 e. The molecule has 0 fully saturated rings. The van der Waals surface area contributed by atoms with E-state index in [1.54, 1.807) is 0 Å². The molecule has 1 aromatic heterocycles. The summed E-state index contributed by atoms with van der Waals surface area (Å²) in [6.07, 6.45) is 5.05. The van der Waals surface area contributed by atoms with Crippen molar-refractivity contribution in [3.05, 3.63) is 54.1 Å². The van der Waals surface area contributed by atoms with E-state index in [9.17, 15) is 0 Å². The molecule has 3 nitrogen and oxygen atoms in total. The highest BCUT2D eigenvalue weighted by Gasteiger charge is 2.25. The Morgan fingerprint density at radius 1 is 1.21 bits per heavy atom. The molecule has 0 spiro atoms. The van der Waals surface area contributed by atoms with Crippen LogP contribution in [0.15, 0.2) is 42.7 Å². The number of hydrogen-bond donors (Lipinski definition) is 0. The van der Waals surface area contributed by atoms with Gasteiger partial charge in [0.2, 0.25) is 0 Å². The lowest BCUT2D eigenvalue weighted by molar-refractivity contribution is 0.206. The molecular formula is C16H23N3. The quantitative estimate of drug-likeness (QED) is 0.818. The van der Waals surface area contributed by atoms with E-state index in [1.165, 1.54) is 5.56 Å². The predicted octanol–water partition coefficient (Wildman–Crippen LogP) is 3.45. The lowest BCUT2D eigenvalue weighted by atomic mass is 9.96. The van der Waals surface area contributed by atoms with Crippen LogP contribution in [0.1, 0.15) is 36.8 Å². The summed E-state index contributed by atoms with van der Waals surface area (Å²) in [4.78, 5) is 6.66. The second kappa shape index (κ2) is 6.02. The normalized spacial score (nSPS) is 14.6. The van der Waals surface area contributed by atoms with Crippen LogP contribution >= 0.6 is 0 Å². The minimum atomic E-state index is 0.360. The zero-order chi connectivity index (χ0) is 13.8. The van der Waals surface area contributed by atoms with Gasteiger partial charge in [-0.3, -0.25) is 0 Å². The Labute approximate surface area is 115 Å². The van der Waals surface area contributed by atoms with Gasteiger partial charge in [0, 0.05) is 12.4 Å². The van der Waals surface area contributed by atoms with E-state index in [0.29, 0.717) is 12.1 Å². The zero-order valence-corrected chi connectivity index (χ0v) is 12.2. The van der Waals surface area contributed by atoms with Crippen molar-refractivity contribution in [2.24, 2.45) is 0 Å². The summed E-state index contributed by atoms with van der Waals surface area (Å²) >= 11 is 0. The van der Waals surface area contributed by atoms with E-state index >= 15 is 0 Å². The van der Waals surface area contributed by atoms with Crippen molar-refractivity contribution < 1.29 is 0 Å². The second-order valence-electron chi connectivity index (χ2n) is 5.18. The highest BCUT2D eigenvalue weighted by Crippen LogP contribution is 2.33. The number of likely N-dealkylation sites (N-methyl/N-ethyl adjacent to an activating group) is 1. The van der Waals surface area contributed by atoms with E-state index in [4.69, 9.17) is 0 Å². The molecule has 0 saturated carbocycles. The number of imidazole rings is 1. The predicted molar refractivity (Wildman–Crippen MR) is 79.2 cm³/mol. The third-order valence-electron chi connectivity index (χ3n) is 3.70.